The van der Waals surface area contributed by atoms with Crippen LogP contribution in [0.5, 0.6) is 5.75 Å². The van der Waals surface area contributed by atoms with Gasteiger partial charge >= 0.3 is 6.18 Å². The molecule has 158 valence electrons. The number of hydrogen-bond donors (Lipinski definition) is 1. The summed E-state index contributed by atoms with van der Waals surface area (Å²) in [6.45, 7) is 5.80. The summed E-state index contributed by atoms with van der Waals surface area (Å²) in [5.41, 5.74) is 8.09. The molecule has 1 atom stereocenters. The van der Waals surface area contributed by atoms with Crippen molar-refractivity contribution in [1.82, 2.24) is 0 Å². The van der Waals surface area contributed by atoms with E-state index in [1.54, 1.807) is 6.07 Å². The molecule has 3 aromatic rings. The molecule has 0 aliphatic rings. The molecule has 2 N–H and O–H groups in total. The molecular weight excluding hydrogens is 411 g/mol. The van der Waals surface area contributed by atoms with Gasteiger partial charge in [-0.3, -0.25) is 4.79 Å². The quantitative estimate of drug-likeness (QED) is 0.471. The first-order valence-electron chi connectivity index (χ1n) is 9.45. The third-order valence-electron chi connectivity index (χ3n) is 4.84. The molecule has 0 fully saturated rings. The molecule has 1 heterocycles. The van der Waals surface area contributed by atoms with E-state index in [-0.39, 0.29) is 6.10 Å². The fourth-order valence-electron chi connectivity index (χ4n) is 3.44. The van der Waals surface area contributed by atoms with E-state index >= 15 is 0 Å². The molecule has 1 aromatic heterocycles. The van der Waals surface area contributed by atoms with Gasteiger partial charge in [-0.25, -0.2) is 0 Å². The maximum atomic E-state index is 12.8. The molecule has 0 saturated carbocycles. The number of rotatable bonds is 6. The Balaban J connectivity index is 1.87. The van der Waals surface area contributed by atoms with Crippen LogP contribution in [0.25, 0.3) is 11.1 Å². The fourth-order valence-corrected chi connectivity index (χ4v) is 4.41. The van der Waals surface area contributed by atoms with Gasteiger partial charge in [-0.1, -0.05) is 19.1 Å². The van der Waals surface area contributed by atoms with Crippen LogP contribution in [0.2, 0.25) is 0 Å². The number of nitrogens with two attached hydrogens (primary N) is 1. The summed E-state index contributed by atoms with van der Waals surface area (Å²) in [6.07, 6.45) is -3.87. The number of amides is 1. The van der Waals surface area contributed by atoms with Crippen LogP contribution in [0.15, 0.2) is 48.5 Å². The van der Waals surface area contributed by atoms with Crippen molar-refractivity contribution in [3.05, 3.63) is 75.0 Å². The molecule has 2 aromatic carbocycles. The average molecular weight is 433 g/mol. The average Bonchev–Trinajstić information content (AvgIpc) is 3.15. The number of hydrogen-bond acceptors (Lipinski definition) is 3. The molecule has 0 saturated heterocycles. The van der Waals surface area contributed by atoms with Gasteiger partial charge in [-0.15, -0.1) is 11.3 Å². The Morgan fingerprint density at radius 1 is 1.07 bits per heavy atom. The minimum Gasteiger partial charge on any atom is -0.485 e. The number of thiophene rings is 1. The number of halogens is 3. The minimum absolute atomic E-state index is 0.223. The Labute approximate surface area is 177 Å². The van der Waals surface area contributed by atoms with E-state index in [0.717, 1.165) is 39.3 Å². The van der Waals surface area contributed by atoms with Gasteiger partial charge in [0.15, 0.2) is 0 Å². The first-order chi connectivity index (χ1) is 14.1. The lowest BCUT2D eigenvalue weighted by atomic mass is 9.94. The number of carbonyl (C=O) groups is 1. The second-order valence-electron chi connectivity index (χ2n) is 7.09. The van der Waals surface area contributed by atoms with Gasteiger partial charge in [-0.2, -0.15) is 13.2 Å². The summed E-state index contributed by atoms with van der Waals surface area (Å²) in [7, 11) is 0. The van der Waals surface area contributed by atoms with E-state index in [9.17, 15) is 18.0 Å². The normalized spacial score (nSPS) is 12.6. The predicted molar refractivity (Wildman–Crippen MR) is 113 cm³/mol. The highest BCUT2D eigenvalue weighted by atomic mass is 32.1. The molecule has 1 amide bonds. The van der Waals surface area contributed by atoms with Gasteiger partial charge in [0, 0.05) is 4.88 Å². The van der Waals surface area contributed by atoms with Crippen LogP contribution in [-0.2, 0) is 6.18 Å². The second-order valence-corrected chi connectivity index (χ2v) is 8.20. The molecule has 7 heteroatoms. The van der Waals surface area contributed by atoms with E-state index in [1.807, 2.05) is 39.0 Å². The Morgan fingerprint density at radius 3 is 2.13 bits per heavy atom. The summed E-state index contributed by atoms with van der Waals surface area (Å²) in [4.78, 5) is 12.7. The van der Waals surface area contributed by atoms with E-state index in [2.05, 4.69) is 0 Å². The van der Waals surface area contributed by atoms with Crippen LogP contribution in [0, 0.1) is 13.8 Å². The van der Waals surface area contributed by atoms with Gasteiger partial charge in [-0.05, 0) is 78.9 Å². The monoisotopic (exact) mass is 433 g/mol. The van der Waals surface area contributed by atoms with E-state index in [0.29, 0.717) is 17.0 Å². The summed E-state index contributed by atoms with van der Waals surface area (Å²) in [6, 6.07) is 12.5. The zero-order chi connectivity index (χ0) is 22.1. The molecule has 0 aliphatic carbocycles. The smallest absolute Gasteiger partial charge is 0.416 e. The predicted octanol–water partition coefficient (Wildman–Crippen LogP) is 6.68. The SMILES string of the molecule is CCC(Oc1cc(C)c(-c2ccc(C(F)(F)F)cc2)c(C)c1)c1ccc(C(N)=O)s1. The summed E-state index contributed by atoms with van der Waals surface area (Å²) in [5, 5.41) is 0. The fraction of sp³-hybridized carbons (Fsp3) is 0.261. The van der Waals surface area contributed by atoms with Gasteiger partial charge in [0.25, 0.3) is 5.91 Å². The highest BCUT2D eigenvalue weighted by Gasteiger charge is 2.30. The van der Waals surface area contributed by atoms with Crippen LogP contribution >= 0.6 is 11.3 Å². The van der Waals surface area contributed by atoms with Crippen LogP contribution in [0.3, 0.4) is 0 Å². The molecule has 0 bridgehead atoms. The molecule has 30 heavy (non-hydrogen) atoms. The standard InChI is InChI=1S/C23H22F3NO2S/c1-4-18(19-9-10-20(30-19)22(27)28)29-17-11-13(2)21(14(3)12-17)15-5-7-16(8-6-15)23(24,25)26/h5-12,18H,4H2,1-3H3,(H2,27,28). The number of carbonyl (C=O) groups excluding carboxylic acids is 1. The number of aryl methyl sites for hydroxylation is 2. The highest BCUT2D eigenvalue weighted by molar-refractivity contribution is 7.14. The van der Waals surface area contributed by atoms with Crippen molar-refractivity contribution in [2.45, 2.75) is 39.5 Å². The maximum absolute atomic E-state index is 12.8. The van der Waals surface area contributed by atoms with Gasteiger partial charge in [0.05, 0.1) is 10.4 Å². The van der Waals surface area contributed by atoms with E-state index in [1.165, 1.54) is 23.5 Å². The lowest BCUT2D eigenvalue weighted by Gasteiger charge is -2.19. The molecule has 3 nitrogen and oxygen atoms in total. The zero-order valence-corrected chi connectivity index (χ0v) is 17.7. The van der Waals surface area contributed by atoms with E-state index in [4.69, 9.17) is 10.5 Å². The number of benzene rings is 2. The van der Waals surface area contributed by atoms with Gasteiger partial charge in [0.2, 0.25) is 0 Å². The topological polar surface area (TPSA) is 52.3 Å². The molecule has 0 radical (unpaired) electrons. The van der Waals surface area contributed by atoms with Crippen molar-refractivity contribution in [2.24, 2.45) is 5.73 Å². The van der Waals surface area contributed by atoms with Crippen molar-refractivity contribution >= 4 is 17.2 Å². The van der Waals surface area contributed by atoms with Crippen molar-refractivity contribution in [2.75, 3.05) is 0 Å². The summed E-state index contributed by atoms with van der Waals surface area (Å²) in [5.74, 6) is 0.204. The number of alkyl halides is 3. The first-order valence-corrected chi connectivity index (χ1v) is 10.3. The summed E-state index contributed by atoms with van der Waals surface area (Å²) < 4.78 is 44.7. The molecule has 0 aliphatic heterocycles. The van der Waals surface area contributed by atoms with E-state index < -0.39 is 17.6 Å². The maximum Gasteiger partial charge on any atom is 0.416 e. The third kappa shape index (κ3) is 4.67. The molecule has 0 spiro atoms. The van der Waals surface area contributed by atoms with Crippen molar-refractivity contribution in [3.8, 4) is 16.9 Å². The third-order valence-corrected chi connectivity index (χ3v) is 6.04. The largest absolute Gasteiger partial charge is 0.485 e. The lowest BCUT2D eigenvalue weighted by Crippen LogP contribution is -2.08. The Kier molecular flexibility index (Phi) is 6.22. The number of ether oxygens (including phenoxy) is 1. The van der Waals surface area contributed by atoms with Crippen molar-refractivity contribution in [1.29, 1.82) is 0 Å². The van der Waals surface area contributed by atoms with Crippen LogP contribution in [-0.4, -0.2) is 5.91 Å². The summed E-state index contributed by atoms with van der Waals surface area (Å²) >= 11 is 1.31. The van der Waals surface area contributed by atoms with Crippen molar-refractivity contribution < 1.29 is 22.7 Å². The lowest BCUT2D eigenvalue weighted by molar-refractivity contribution is -0.137. The minimum atomic E-state index is -4.36. The Morgan fingerprint density at radius 2 is 1.67 bits per heavy atom. The first kappa shape index (κ1) is 21.9. The molecular formula is C23H22F3NO2S. The van der Waals surface area contributed by atoms with Crippen LogP contribution < -0.4 is 10.5 Å². The Hall–Kier alpha value is -2.80. The highest BCUT2D eigenvalue weighted by Crippen LogP contribution is 2.36. The van der Waals surface area contributed by atoms with Gasteiger partial charge < -0.3 is 10.5 Å². The molecule has 1 unspecified atom stereocenters. The van der Waals surface area contributed by atoms with Crippen LogP contribution in [0.4, 0.5) is 13.2 Å². The van der Waals surface area contributed by atoms with Gasteiger partial charge in [0.1, 0.15) is 11.9 Å². The Bertz CT molecular complexity index is 1030. The molecule has 3 rings (SSSR count). The van der Waals surface area contributed by atoms with Crippen molar-refractivity contribution in [3.63, 3.8) is 0 Å². The number of primary amides is 1. The zero-order valence-electron chi connectivity index (χ0n) is 16.8. The van der Waals surface area contributed by atoms with Crippen LogP contribution in [0.1, 0.15) is 50.7 Å². The second kappa shape index (κ2) is 8.52.